The van der Waals surface area contributed by atoms with Crippen LogP contribution in [0.4, 0.5) is 0 Å². The Hall–Kier alpha value is -1.13. The topological polar surface area (TPSA) is 69.6 Å². The quantitative estimate of drug-likeness (QED) is 0.0420. The Morgan fingerprint density at radius 1 is 0.343 bits per heavy atom. The van der Waals surface area contributed by atoms with Crippen LogP contribution in [0.3, 0.4) is 0 Å². The molecule has 0 aromatic heterocycles. The number of rotatable bonds is 61. The molecule has 0 aromatic rings. The molecule has 0 bridgehead atoms. The summed E-state index contributed by atoms with van der Waals surface area (Å²) in [6, 6.07) is -0.534. The van der Waals surface area contributed by atoms with Gasteiger partial charge in [-0.15, -0.1) is 0 Å². The van der Waals surface area contributed by atoms with E-state index in [1.165, 1.54) is 315 Å². The van der Waals surface area contributed by atoms with Gasteiger partial charge in [0, 0.05) is 6.42 Å². The van der Waals surface area contributed by atoms with E-state index in [0.717, 1.165) is 32.1 Å². The van der Waals surface area contributed by atoms with E-state index in [0.29, 0.717) is 12.8 Å². The second-order valence-electron chi connectivity index (χ2n) is 22.5. The highest BCUT2D eigenvalue weighted by Gasteiger charge is 2.20. The number of aliphatic hydroxyl groups is 2. The van der Waals surface area contributed by atoms with Crippen molar-refractivity contribution in [3.8, 4) is 0 Å². The van der Waals surface area contributed by atoms with E-state index in [1.54, 1.807) is 0 Å². The van der Waals surface area contributed by atoms with E-state index in [9.17, 15) is 15.0 Å². The summed E-state index contributed by atoms with van der Waals surface area (Å²) in [5.41, 5.74) is 0. The van der Waals surface area contributed by atoms with Crippen molar-refractivity contribution in [2.45, 2.75) is 386 Å². The average molecular weight is 985 g/mol. The first-order chi connectivity index (χ1) is 34.7. The Morgan fingerprint density at radius 3 is 0.857 bits per heavy atom. The Bertz CT molecular complexity index is 1020. The maximum Gasteiger partial charge on any atom is 0.220 e. The third kappa shape index (κ3) is 57.8. The number of hydrogen-bond donors (Lipinski definition) is 3. The van der Waals surface area contributed by atoms with Crippen LogP contribution >= 0.6 is 0 Å². The van der Waals surface area contributed by atoms with Gasteiger partial charge in [-0.2, -0.15) is 0 Å². The molecule has 416 valence electrons. The molecule has 2 unspecified atom stereocenters. The second kappa shape index (κ2) is 62.2. The van der Waals surface area contributed by atoms with Crippen molar-refractivity contribution in [3.05, 3.63) is 24.3 Å². The zero-order valence-electron chi connectivity index (χ0n) is 48.1. The highest BCUT2D eigenvalue weighted by atomic mass is 16.3. The van der Waals surface area contributed by atoms with Crippen molar-refractivity contribution >= 4 is 5.91 Å². The van der Waals surface area contributed by atoms with Gasteiger partial charge in [-0.25, -0.2) is 0 Å². The zero-order valence-corrected chi connectivity index (χ0v) is 48.1. The standard InChI is InChI=1S/C66H129NO3/c1-3-5-7-9-11-13-15-17-19-21-23-25-26-27-28-29-30-31-32-33-34-35-36-37-38-39-40-42-44-46-48-50-52-54-56-58-60-62-66(70)67-64(63-68)65(69)61-59-57-55-53-51-49-47-45-43-41-24-22-20-18-16-14-12-10-8-6-4-2/h15,17,21,23,64-65,68-69H,3-14,16,18-20,22,24-63H2,1-2H3,(H,67,70)/b17-15-,23-21-. The summed E-state index contributed by atoms with van der Waals surface area (Å²) in [4.78, 5) is 12.5. The predicted octanol–water partition coefficient (Wildman–Crippen LogP) is 21.8. The third-order valence-electron chi connectivity index (χ3n) is 15.5. The largest absolute Gasteiger partial charge is 0.394 e. The van der Waals surface area contributed by atoms with Crippen molar-refractivity contribution in [1.82, 2.24) is 5.32 Å². The van der Waals surface area contributed by atoms with E-state index in [4.69, 9.17) is 0 Å². The first kappa shape index (κ1) is 68.9. The van der Waals surface area contributed by atoms with E-state index in [-0.39, 0.29) is 12.5 Å². The molecular formula is C66H129NO3. The first-order valence-corrected chi connectivity index (χ1v) is 32.5. The molecule has 0 aromatic carbocycles. The van der Waals surface area contributed by atoms with Crippen molar-refractivity contribution in [2.75, 3.05) is 6.61 Å². The van der Waals surface area contributed by atoms with Crippen molar-refractivity contribution in [1.29, 1.82) is 0 Å². The molecule has 0 spiro atoms. The minimum atomic E-state index is -0.657. The molecule has 0 aliphatic heterocycles. The number of hydrogen-bond acceptors (Lipinski definition) is 3. The minimum absolute atomic E-state index is 0.0223. The van der Waals surface area contributed by atoms with Gasteiger partial charge in [-0.1, -0.05) is 346 Å². The van der Waals surface area contributed by atoms with Crippen LogP contribution < -0.4 is 5.32 Å². The van der Waals surface area contributed by atoms with Crippen LogP contribution in [0.15, 0.2) is 24.3 Å². The summed E-state index contributed by atoms with van der Waals surface area (Å²) in [6.07, 6.45) is 83.6. The number of aliphatic hydroxyl groups excluding tert-OH is 2. The van der Waals surface area contributed by atoms with Crippen LogP contribution in [0.1, 0.15) is 373 Å². The molecule has 0 heterocycles. The summed E-state index contributed by atoms with van der Waals surface area (Å²) in [5, 5.41) is 23.4. The SMILES string of the molecule is CCCCCCC/C=C\C/C=C\CCCCCCCCCCCCCCCCCCCCCCCCCCCC(=O)NC(CO)C(O)CCCCCCCCCCCCCCCCCCCCCCC. The summed E-state index contributed by atoms with van der Waals surface area (Å²) in [7, 11) is 0. The minimum Gasteiger partial charge on any atom is -0.394 e. The zero-order chi connectivity index (χ0) is 50.6. The highest BCUT2D eigenvalue weighted by molar-refractivity contribution is 5.76. The van der Waals surface area contributed by atoms with E-state index >= 15 is 0 Å². The molecule has 4 nitrogen and oxygen atoms in total. The average Bonchev–Trinajstić information content (AvgIpc) is 3.36. The maximum atomic E-state index is 12.5. The Balaban J connectivity index is 3.37. The highest BCUT2D eigenvalue weighted by Crippen LogP contribution is 2.19. The molecule has 0 fully saturated rings. The lowest BCUT2D eigenvalue weighted by Crippen LogP contribution is -2.45. The van der Waals surface area contributed by atoms with Crippen LogP contribution in [0, 0.1) is 0 Å². The number of carbonyl (C=O) groups is 1. The fourth-order valence-electron chi connectivity index (χ4n) is 10.5. The summed E-state index contributed by atoms with van der Waals surface area (Å²) >= 11 is 0. The number of allylic oxidation sites excluding steroid dienone is 4. The molecule has 0 aliphatic rings. The smallest absolute Gasteiger partial charge is 0.220 e. The number of unbranched alkanes of at least 4 members (excludes halogenated alkanes) is 50. The number of nitrogens with one attached hydrogen (secondary N) is 1. The lowest BCUT2D eigenvalue weighted by molar-refractivity contribution is -0.123. The number of amides is 1. The molecule has 70 heavy (non-hydrogen) atoms. The molecule has 1 amide bonds. The van der Waals surface area contributed by atoms with Crippen LogP contribution in [-0.2, 0) is 4.79 Å². The van der Waals surface area contributed by atoms with Gasteiger partial charge >= 0.3 is 0 Å². The van der Waals surface area contributed by atoms with E-state index < -0.39 is 12.1 Å². The van der Waals surface area contributed by atoms with Gasteiger partial charge < -0.3 is 15.5 Å². The fourth-order valence-corrected chi connectivity index (χ4v) is 10.5. The Kier molecular flexibility index (Phi) is 61.2. The summed E-state index contributed by atoms with van der Waals surface area (Å²) in [5.74, 6) is -0.0223. The molecule has 0 radical (unpaired) electrons. The molecular weight excluding hydrogens is 855 g/mol. The normalized spacial score (nSPS) is 12.8. The second-order valence-corrected chi connectivity index (χ2v) is 22.5. The monoisotopic (exact) mass is 984 g/mol. The lowest BCUT2D eigenvalue weighted by atomic mass is 10.0. The van der Waals surface area contributed by atoms with Crippen molar-refractivity contribution in [3.63, 3.8) is 0 Å². The molecule has 3 N–H and O–H groups in total. The van der Waals surface area contributed by atoms with Gasteiger partial charge in [0.15, 0.2) is 0 Å². The predicted molar refractivity (Wildman–Crippen MR) is 313 cm³/mol. The Labute approximate surface area is 440 Å². The fraction of sp³-hybridized carbons (Fsp3) is 0.924. The van der Waals surface area contributed by atoms with E-state index in [2.05, 4.69) is 43.5 Å². The Morgan fingerprint density at radius 2 is 0.586 bits per heavy atom. The summed E-state index contributed by atoms with van der Waals surface area (Å²) in [6.45, 7) is 4.39. The molecule has 2 atom stereocenters. The van der Waals surface area contributed by atoms with Gasteiger partial charge in [-0.3, -0.25) is 4.79 Å². The summed E-state index contributed by atoms with van der Waals surface area (Å²) < 4.78 is 0. The first-order valence-electron chi connectivity index (χ1n) is 32.5. The molecule has 0 saturated carbocycles. The van der Waals surface area contributed by atoms with Gasteiger partial charge in [-0.05, 0) is 44.9 Å². The van der Waals surface area contributed by atoms with Crippen molar-refractivity contribution < 1.29 is 15.0 Å². The van der Waals surface area contributed by atoms with Crippen molar-refractivity contribution in [2.24, 2.45) is 0 Å². The lowest BCUT2D eigenvalue weighted by Gasteiger charge is -2.22. The van der Waals surface area contributed by atoms with Gasteiger partial charge in [0.2, 0.25) is 5.91 Å². The van der Waals surface area contributed by atoms with Gasteiger partial charge in [0.05, 0.1) is 18.8 Å². The van der Waals surface area contributed by atoms with Crippen LogP contribution in [0.2, 0.25) is 0 Å². The van der Waals surface area contributed by atoms with Crippen LogP contribution in [0.25, 0.3) is 0 Å². The maximum absolute atomic E-state index is 12.5. The molecule has 0 aliphatic carbocycles. The molecule has 4 heteroatoms. The molecule has 0 rings (SSSR count). The van der Waals surface area contributed by atoms with Crippen LogP contribution in [0.5, 0.6) is 0 Å². The van der Waals surface area contributed by atoms with Crippen LogP contribution in [-0.4, -0.2) is 34.9 Å². The van der Waals surface area contributed by atoms with Gasteiger partial charge in [0.1, 0.15) is 0 Å². The number of carbonyl (C=O) groups excluding carboxylic acids is 1. The van der Waals surface area contributed by atoms with Gasteiger partial charge in [0.25, 0.3) is 0 Å². The van der Waals surface area contributed by atoms with E-state index in [1.807, 2.05) is 0 Å². The molecule has 0 saturated heterocycles. The third-order valence-corrected chi connectivity index (χ3v) is 15.5.